The SMILES string of the molecule is CCCCCOc1ccc(C(=O)NNC(=O)COc2ccc(-c3ccccc3)cc2)cc1. The Morgan fingerprint density at radius 2 is 1.34 bits per heavy atom. The summed E-state index contributed by atoms with van der Waals surface area (Å²) in [7, 11) is 0. The number of unbranched alkanes of at least 4 members (excludes halogenated alkanes) is 2. The van der Waals surface area contributed by atoms with Gasteiger partial charge in [-0.25, -0.2) is 0 Å². The Morgan fingerprint density at radius 1 is 0.719 bits per heavy atom. The molecule has 3 aromatic rings. The second-order valence-corrected chi connectivity index (χ2v) is 7.26. The van der Waals surface area contributed by atoms with Crippen LogP contribution in [-0.2, 0) is 4.79 Å². The molecule has 0 aliphatic carbocycles. The highest BCUT2D eigenvalue weighted by Crippen LogP contribution is 2.22. The van der Waals surface area contributed by atoms with Gasteiger partial charge in [-0.2, -0.15) is 0 Å². The van der Waals surface area contributed by atoms with Gasteiger partial charge in [0.25, 0.3) is 11.8 Å². The van der Waals surface area contributed by atoms with Crippen LogP contribution in [0, 0.1) is 0 Å². The van der Waals surface area contributed by atoms with E-state index in [-0.39, 0.29) is 6.61 Å². The van der Waals surface area contributed by atoms with Gasteiger partial charge >= 0.3 is 0 Å². The number of nitrogens with one attached hydrogen (secondary N) is 2. The molecule has 32 heavy (non-hydrogen) atoms. The molecular formula is C26H28N2O4. The first-order valence-corrected chi connectivity index (χ1v) is 10.8. The number of hydrogen-bond acceptors (Lipinski definition) is 4. The molecular weight excluding hydrogens is 404 g/mol. The number of carbonyl (C=O) groups excluding carboxylic acids is 2. The van der Waals surface area contributed by atoms with Crippen LogP contribution >= 0.6 is 0 Å². The minimum atomic E-state index is -0.457. The molecule has 0 bridgehead atoms. The first-order chi connectivity index (χ1) is 15.7. The van der Waals surface area contributed by atoms with Crippen LogP contribution in [0.15, 0.2) is 78.9 Å². The molecule has 6 nitrogen and oxygen atoms in total. The minimum absolute atomic E-state index is 0.213. The van der Waals surface area contributed by atoms with Crippen LogP contribution in [0.2, 0.25) is 0 Å². The van der Waals surface area contributed by atoms with Crippen molar-refractivity contribution in [3.63, 3.8) is 0 Å². The number of amides is 2. The van der Waals surface area contributed by atoms with Gasteiger partial charge in [-0.1, -0.05) is 62.2 Å². The van der Waals surface area contributed by atoms with E-state index in [1.54, 1.807) is 36.4 Å². The summed E-state index contributed by atoms with van der Waals surface area (Å²) in [5.41, 5.74) is 7.33. The molecule has 3 rings (SSSR count). The molecule has 0 unspecified atom stereocenters. The van der Waals surface area contributed by atoms with Gasteiger partial charge in [-0.3, -0.25) is 20.4 Å². The van der Waals surface area contributed by atoms with Crippen LogP contribution in [0.5, 0.6) is 11.5 Å². The van der Waals surface area contributed by atoms with Crippen molar-refractivity contribution in [1.82, 2.24) is 10.9 Å². The van der Waals surface area contributed by atoms with Gasteiger partial charge in [0.1, 0.15) is 11.5 Å². The van der Waals surface area contributed by atoms with E-state index in [2.05, 4.69) is 17.8 Å². The Kier molecular flexibility index (Phi) is 8.69. The zero-order valence-corrected chi connectivity index (χ0v) is 18.2. The predicted octanol–water partition coefficient (Wildman–Crippen LogP) is 4.76. The number of carbonyl (C=O) groups is 2. The fraction of sp³-hybridized carbons (Fsp3) is 0.231. The number of rotatable bonds is 10. The van der Waals surface area contributed by atoms with E-state index in [0.29, 0.717) is 23.7 Å². The van der Waals surface area contributed by atoms with Crippen molar-refractivity contribution in [3.8, 4) is 22.6 Å². The first-order valence-electron chi connectivity index (χ1n) is 10.8. The largest absolute Gasteiger partial charge is 0.494 e. The summed E-state index contributed by atoms with van der Waals surface area (Å²) in [4.78, 5) is 24.2. The number of ether oxygens (including phenoxy) is 2. The highest BCUT2D eigenvalue weighted by atomic mass is 16.5. The van der Waals surface area contributed by atoms with E-state index in [1.807, 2.05) is 42.5 Å². The smallest absolute Gasteiger partial charge is 0.276 e. The Bertz CT molecular complexity index is 987. The van der Waals surface area contributed by atoms with Crippen LogP contribution in [0.1, 0.15) is 36.5 Å². The van der Waals surface area contributed by atoms with Crippen molar-refractivity contribution in [2.24, 2.45) is 0 Å². The van der Waals surface area contributed by atoms with Gasteiger partial charge in [0.15, 0.2) is 6.61 Å². The van der Waals surface area contributed by atoms with Crippen LogP contribution in [0.25, 0.3) is 11.1 Å². The van der Waals surface area contributed by atoms with Crippen molar-refractivity contribution in [1.29, 1.82) is 0 Å². The van der Waals surface area contributed by atoms with E-state index in [4.69, 9.17) is 9.47 Å². The highest BCUT2D eigenvalue weighted by Gasteiger charge is 2.08. The molecule has 166 valence electrons. The lowest BCUT2D eigenvalue weighted by Crippen LogP contribution is -2.43. The van der Waals surface area contributed by atoms with Gasteiger partial charge in [-0.15, -0.1) is 0 Å². The molecule has 0 aliphatic heterocycles. The molecule has 0 atom stereocenters. The summed E-state index contributed by atoms with van der Waals surface area (Å²) < 4.78 is 11.1. The molecule has 0 fully saturated rings. The summed E-state index contributed by atoms with van der Waals surface area (Å²) in [6.45, 7) is 2.58. The molecule has 0 spiro atoms. The van der Waals surface area contributed by atoms with E-state index in [9.17, 15) is 9.59 Å². The van der Waals surface area contributed by atoms with Gasteiger partial charge in [0.2, 0.25) is 0 Å². The van der Waals surface area contributed by atoms with Gasteiger partial charge in [-0.05, 0) is 53.9 Å². The van der Waals surface area contributed by atoms with Crippen molar-refractivity contribution in [2.45, 2.75) is 26.2 Å². The van der Waals surface area contributed by atoms with E-state index < -0.39 is 11.8 Å². The normalized spacial score (nSPS) is 10.3. The first kappa shape index (κ1) is 22.9. The molecule has 0 aliphatic rings. The standard InChI is InChI=1S/C26H28N2O4/c1-2-3-7-18-31-23-16-12-22(13-17-23)26(30)28-27-25(29)19-32-24-14-10-21(11-15-24)20-8-5-4-6-9-20/h4-6,8-17H,2-3,7,18-19H2,1H3,(H,27,29)(H,28,30). The molecule has 0 heterocycles. The van der Waals surface area contributed by atoms with Crippen molar-refractivity contribution in [3.05, 3.63) is 84.4 Å². The molecule has 0 radical (unpaired) electrons. The second-order valence-electron chi connectivity index (χ2n) is 7.26. The Labute approximate surface area is 188 Å². The van der Waals surface area contributed by atoms with Gasteiger partial charge < -0.3 is 9.47 Å². The highest BCUT2D eigenvalue weighted by molar-refractivity contribution is 5.95. The van der Waals surface area contributed by atoms with Crippen LogP contribution < -0.4 is 20.3 Å². The summed E-state index contributed by atoms with van der Waals surface area (Å²) in [6, 6.07) is 24.3. The monoisotopic (exact) mass is 432 g/mol. The van der Waals surface area contributed by atoms with Crippen LogP contribution in [0.3, 0.4) is 0 Å². The number of benzene rings is 3. The third kappa shape index (κ3) is 7.16. The van der Waals surface area contributed by atoms with Gasteiger partial charge in [0, 0.05) is 5.56 Å². The predicted molar refractivity (Wildman–Crippen MR) is 124 cm³/mol. The quantitative estimate of drug-likeness (QED) is 0.358. The second kappa shape index (κ2) is 12.2. The molecule has 2 N–H and O–H groups in total. The summed E-state index contributed by atoms with van der Waals surface area (Å²) in [5, 5.41) is 0. The molecule has 3 aromatic carbocycles. The van der Waals surface area contributed by atoms with Crippen molar-refractivity contribution >= 4 is 11.8 Å². The number of hydrogen-bond donors (Lipinski definition) is 2. The molecule has 0 saturated carbocycles. The zero-order chi connectivity index (χ0) is 22.6. The Balaban J connectivity index is 1.39. The third-order valence-corrected chi connectivity index (χ3v) is 4.78. The Morgan fingerprint density at radius 3 is 2.03 bits per heavy atom. The maximum Gasteiger partial charge on any atom is 0.276 e. The number of hydrazine groups is 1. The average molecular weight is 433 g/mol. The zero-order valence-electron chi connectivity index (χ0n) is 18.2. The van der Waals surface area contributed by atoms with Crippen LogP contribution in [0.4, 0.5) is 0 Å². The molecule has 0 saturated heterocycles. The third-order valence-electron chi connectivity index (χ3n) is 4.78. The fourth-order valence-corrected chi connectivity index (χ4v) is 3.00. The molecule has 2 amide bonds. The van der Waals surface area contributed by atoms with E-state index in [0.717, 1.165) is 30.4 Å². The van der Waals surface area contributed by atoms with Crippen LogP contribution in [-0.4, -0.2) is 25.0 Å². The summed E-state index contributed by atoms with van der Waals surface area (Å²) in [6.07, 6.45) is 3.27. The molecule has 6 heteroatoms. The topological polar surface area (TPSA) is 76.7 Å². The van der Waals surface area contributed by atoms with Crippen molar-refractivity contribution < 1.29 is 19.1 Å². The van der Waals surface area contributed by atoms with Gasteiger partial charge in [0.05, 0.1) is 6.61 Å². The minimum Gasteiger partial charge on any atom is -0.494 e. The maximum atomic E-state index is 12.2. The average Bonchev–Trinajstić information content (AvgIpc) is 2.85. The van der Waals surface area contributed by atoms with Crippen molar-refractivity contribution in [2.75, 3.05) is 13.2 Å². The summed E-state index contributed by atoms with van der Waals surface area (Å²) >= 11 is 0. The lowest BCUT2D eigenvalue weighted by molar-refractivity contribution is -0.123. The lowest BCUT2D eigenvalue weighted by atomic mass is 10.1. The lowest BCUT2D eigenvalue weighted by Gasteiger charge is -2.10. The van der Waals surface area contributed by atoms with E-state index in [1.165, 1.54) is 0 Å². The maximum absolute atomic E-state index is 12.2. The molecule has 0 aromatic heterocycles. The van der Waals surface area contributed by atoms with E-state index >= 15 is 0 Å². The fourth-order valence-electron chi connectivity index (χ4n) is 3.00. The Hall–Kier alpha value is -3.80. The summed E-state index contributed by atoms with van der Waals surface area (Å²) in [5.74, 6) is 0.415.